The predicted octanol–water partition coefficient (Wildman–Crippen LogP) is 2.45. The third kappa shape index (κ3) is 2.50. The van der Waals surface area contributed by atoms with Crippen LogP contribution in [0, 0.1) is 18.3 Å². The van der Waals surface area contributed by atoms with Crippen molar-refractivity contribution in [1.29, 1.82) is 5.26 Å². The van der Waals surface area contributed by atoms with Gasteiger partial charge in [0.15, 0.2) is 0 Å². The van der Waals surface area contributed by atoms with Gasteiger partial charge in [0, 0.05) is 17.6 Å². The Morgan fingerprint density at radius 2 is 2.15 bits per heavy atom. The number of rotatable bonds is 3. The summed E-state index contributed by atoms with van der Waals surface area (Å²) in [5.41, 5.74) is 8.42. The van der Waals surface area contributed by atoms with Crippen LogP contribution in [0.1, 0.15) is 24.2 Å². The molecule has 0 aliphatic rings. The quantitative estimate of drug-likeness (QED) is 0.838. The van der Waals surface area contributed by atoms with Gasteiger partial charge in [-0.3, -0.25) is 4.79 Å². The number of nitrogens with zero attached hydrogens (tertiary/aromatic N) is 2. The third-order valence-electron chi connectivity index (χ3n) is 3.32. The molecule has 1 unspecified atom stereocenters. The molecule has 0 aliphatic heterocycles. The van der Waals surface area contributed by atoms with E-state index in [0.717, 1.165) is 5.56 Å². The fourth-order valence-electron chi connectivity index (χ4n) is 1.98. The lowest BCUT2D eigenvalue weighted by molar-refractivity contribution is -0.118. The molecule has 1 aromatic carbocycles. The topological polar surface area (TPSA) is 83.8 Å². The molecule has 0 spiro atoms. The monoisotopic (exact) mass is 268 g/mol. The molecule has 102 valence electrons. The summed E-state index contributed by atoms with van der Waals surface area (Å²) in [7, 11) is 0. The summed E-state index contributed by atoms with van der Waals surface area (Å²) in [5, 5.41) is 11.8. The van der Waals surface area contributed by atoms with Gasteiger partial charge in [-0.05, 0) is 43.7 Å². The summed E-state index contributed by atoms with van der Waals surface area (Å²) in [4.78, 5) is 12.3. The standard InChI is InChI=1S/C15H16N4O/c1-10-13(17)6-3-7-14(10)18-15(20)11(2)19-8-4-5-12(19)9-16/h3-8,11H,17H2,1-2H3,(H,18,20). The van der Waals surface area contributed by atoms with Crippen LogP contribution in [0.5, 0.6) is 0 Å². The molecule has 1 amide bonds. The Morgan fingerprint density at radius 1 is 1.40 bits per heavy atom. The van der Waals surface area contributed by atoms with Crippen LogP contribution >= 0.6 is 0 Å². The fourth-order valence-corrected chi connectivity index (χ4v) is 1.98. The summed E-state index contributed by atoms with van der Waals surface area (Å²) < 4.78 is 1.64. The minimum absolute atomic E-state index is 0.189. The second kappa shape index (κ2) is 5.49. The van der Waals surface area contributed by atoms with Crippen molar-refractivity contribution in [2.24, 2.45) is 0 Å². The van der Waals surface area contributed by atoms with E-state index in [1.807, 2.05) is 6.92 Å². The van der Waals surface area contributed by atoms with E-state index in [1.54, 1.807) is 48.0 Å². The lowest BCUT2D eigenvalue weighted by atomic mass is 10.1. The van der Waals surface area contributed by atoms with Crippen molar-refractivity contribution >= 4 is 17.3 Å². The van der Waals surface area contributed by atoms with Gasteiger partial charge in [0.1, 0.15) is 17.8 Å². The van der Waals surface area contributed by atoms with Gasteiger partial charge in [-0.1, -0.05) is 6.07 Å². The number of hydrogen-bond acceptors (Lipinski definition) is 3. The van der Waals surface area contributed by atoms with Crippen molar-refractivity contribution in [3.8, 4) is 6.07 Å². The summed E-state index contributed by atoms with van der Waals surface area (Å²) in [6.45, 7) is 3.60. The molecule has 2 rings (SSSR count). The van der Waals surface area contributed by atoms with Gasteiger partial charge < -0.3 is 15.6 Å². The molecule has 20 heavy (non-hydrogen) atoms. The number of carbonyl (C=O) groups excluding carboxylic acids is 1. The van der Waals surface area contributed by atoms with Crippen LogP contribution in [-0.4, -0.2) is 10.5 Å². The number of carbonyl (C=O) groups is 1. The Morgan fingerprint density at radius 3 is 2.85 bits per heavy atom. The van der Waals surface area contributed by atoms with Gasteiger partial charge in [-0.15, -0.1) is 0 Å². The van der Waals surface area contributed by atoms with E-state index in [1.165, 1.54) is 0 Å². The highest BCUT2D eigenvalue weighted by Gasteiger charge is 2.17. The molecular formula is C15H16N4O. The SMILES string of the molecule is Cc1c(N)cccc1NC(=O)C(C)n1cccc1C#N. The highest BCUT2D eigenvalue weighted by atomic mass is 16.2. The highest BCUT2D eigenvalue weighted by Crippen LogP contribution is 2.22. The van der Waals surface area contributed by atoms with Crippen LogP contribution in [0.3, 0.4) is 0 Å². The van der Waals surface area contributed by atoms with Crippen molar-refractivity contribution < 1.29 is 4.79 Å². The van der Waals surface area contributed by atoms with E-state index >= 15 is 0 Å². The van der Waals surface area contributed by atoms with Crippen molar-refractivity contribution in [1.82, 2.24) is 4.57 Å². The van der Waals surface area contributed by atoms with Crippen LogP contribution in [0.25, 0.3) is 0 Å². The van der Waals surface area contributed by atoms with Gasteiger partial charge in [0.05, 0.1) is 0 Å². The minimum Gasteiger partial charge on any atom is -0.398 e. The van der Waals surface area contributed by atoms with Gasteiger partial charge in [-0.2, -0.15) is 5.26 Å². The molecule has 5 nitrogen and oxygen atoms in total. The maximum Gasteiger partial charge on any atom is 0.247 e. The fraction of sp³-hybridized carbons (Fsp3) is 0.200. The van der Waals surface area contributed by atoms with Gasteiger partial charge in [0.25, 0.3) is 0 Å². The average molecular weight is 268 g/mol. The lowest BCUT2D eigenvalue weighted by Crippen LogP contribution is -2.24. The van der Waals surface area contributed by atoms with Crippen LogP contribution < -0.4 is 11.1 Å². The lowest BCUT2D eigenvalue weighted by Gasteiger charge is -2.16. The summed E-state index contributed by atoms with van der Waals surface area (Å²) in [6, 6.07) is 10.4. The molecule has 0 bridgehead atoms. The third-order valence-corrected chi connectivity index (χ3v) is 3.32. The molecule has 0 aliphatic carbocycles. The number of anilines is 2. The zero-order valence-corrected chi connectivity index (χ0v) is 11.4. The smallest absolute Gasteiger partial charge is 0.247 e. The number of aromatic nitrogens is 1. The van der Waals surface area contributed by atoms with E-state index in [9.17, 15) is 4.79 Å². The van der Waals surface area contributed by atoms with Crippen LogP contribution in [-0.2, 0) is 4.79 Å². The molecule has 0 saturated carbocycles. The van der Waals surface area contributed by atoms with Crippen molar-refractivity contribution in [3.63, 3.8) is 0 Å². The molecule has 0 radical (unpaired) electrons. The second-order valence-electron chi connectivity index (χ2n) is 4.60. The number of nitrogen functional groups attached to an aromatic ring is 1. The minimum atomic E-state index is -0.472. The number of nitrogens with one attached hydrogen (secondary N) is 1. The molecule has 1 atom stereocenters. The Bertz CT molecular complexity index is 681. The maximum atomic E-state index is 12.3. The molecule has 1 aromatic heterocycles. The Kier molecular flexibility index (Phi) is 3.76. The van der Waals surface area contributed by atoms with Crippen molar-refractivity contribution in [2.45, 2.75) is 19.9 Å². The Hall–Kier alpha value is -2.74. The zero-order valence-electron chi connectivity index (χ0n) is 11.4. The summed E-state index contributed by atoms with van der Waals surface area (Å²) >= 11 is 0. The molecule has 0 saturated heterocycles. The molecule has 1 heterocycles. The first-order valence-corrected chi connectivity index (χ1v) is 6.27. The molecule has 0 fully saturated rings. The van der Waals surface area contributed by atoms with Crippen LogP contribution in [0.4, 0.5) is 11.4 Å². The van der Waals surface area contributed by atoms with E-state index in [-0.39, 0.29) is 5.91 Å². The first kappa shape index (κ1) is 13.7. The highest BCUT2D eigenvalue weighted by molar-refractivity contribution is 5.94. The first-order valence-electron chi connectivity index (χ1n) is 6.27. The Labute approximate surface area is 117 Å². The van der Waals surface area contributed by atoms with Gasteiger partial charge in [-0.25, -0.2) is 0 Å². The Balaban J connectivity index is 2.21. The van der Waals surface area contributed by atoms with E-state index in [0.29, 0.717) is 17.1 Å². The number of hydrogen-bond donors (Lipinski definition) is 2. The molecule has 2 aromatic rings. The van der Waals surface area contributed by atoms with Crippen LogP contribution in [0.2, 0.25) is 0 Å². The number of amides is 1. The first-order chi connectivity index (χ1) is 9.54. The zero-order chi connectivity index (χ0) is 14.7. The second-order valence-corrected chi connectivity index (χ2v) is 4.60. The molecular weight excluding hydrogens is 252 g/mol. The predicted molar refractivity (Wildman–Crippen MR) is 78.1 cm³/mol. The largest absolute Gasteiger partial charge is 0.398 e. The number of nitrogens with two attached hydrogens (primary N) is 1. The summed E-state index contributed by atoms with van der Waals surface area (Å²) in [5.74, 6) is -0.189. The normalized spacial score (nSPS) is 11.7. The van der Waals surface area contributed by atoms with E-state index in [2.05, 4.69) is 11.4 Å². The van der Waals surface area contributed by atoms with Crippen molar-refractivity contribution in [3.05, 3.63) is 47.8 Å². The van der Waals surface area contributed by atoms with Gasteiger partial charge >= 0.3 is 0 Å². The van der Waals surface area contributed by atoms with Crippen LogP contribution in [0.15, 0.2) is 36.5 Å². The average Bonchev–Trinajstić information content (AvgIpc) is 2.91. The maximum absolute atomic E-state index is 12.3. The number of benzene rings is 1. The van der Waals surface area contributed by atoms with E-state index in [4.69, 9.17) is 11.0 Å². The van der Waals surface area contributed by atoms with E-state index < -0.39 is 6.04 Å². The molecule has 3 N–H and O–H groups in total. The summed E-state index contributed by atoms with van der Waals surface area (Å²) in [6.07, 6.45) is 1.72. The van der Waals surface area contributed by atoms with Crippen molar-refractivity contribution in [2.75, 3.05) is 11.1 Å². The number of nitriles is 1. The van der Waals surface area contributed by atoms with Gasteiger partial charge in [0.2, 0.25) is 5.91 Å². The molecule has 5 heteroatoms.